The summed E-state index contributed by atoms with van der Waals surface area (Å²) in [4.78, 5) is 0. The van der Waals surface area contributed by atoms with Crippen LogP contribution in [0.15, 0.2) is 0 Å². The minimum absolute atomic E-state index is 0.586. The van der Waals surface area contributed by atoms with Crippen LogP contribution in [-0.2, 0) is 4.74 Å². The molecule has 0 bridgehead atoms. The van der Waals surface area contributed by atoms with E-state index in [1.807, 2.05) is 0 Å². The molecule has 0 aromatic rings. The first kappa shape index (κ1) is 19.3. The largest absolute Gasteiger partial charge is 0.378 e. The van der Waals surface area contributed by atoms with Gasteiger partial charge in [-0.2, -0.15) is 0 Å². The molecule has 3 saturated carbocycles. The Morgan fingerprint density at radius 3 is 1.38 bits per heavy atom. The standard InChI is InChI=1S/C25H44O/c1-2-5-25-17-16-24(18-26-25)23-14-12-22(13-15-23)21-10-8-20(9-11-21)19-6-3-4-7-19/h19-25H,2-18H2,1H3. The quantitative estimate of drug-likeness (QED) is 0.497. The van der Waals surface area contributed by atoms with Crippen LogP contribution in [0.3, 0.4) is 0 Å². The first-order valence-corrected chi connectivity index (χ1v) is 12.4. The van der Waals surface area contributed by atoms with Crippen LogP contribution in [0.5, 0.6) is 0 Å². The Hall–Kier alpha value is -0.0400. The molecular weight excluding hydrogens is 316 g/mol. The second-order valence-electron chi connectivity index (χ2n) is 10.5. The third-order valence-electron chi connectivity index (χ3n) is 9.05. The molecule has 1 nitrogen and oxygen atoms in total. The Morgan fingerprint density at radius 2 is 0.962 bits per heavy atom. The zero-order chi connectivity index (χ0) is 17.8. The van der Waals surface area contributed by atoms with Crippen molar-refractivity contribution < 1.29 is 4.74 Å². The molecule has 2 atom stereocenters. The minimum atomic E-state index is 0.586. The van der Waals surface area contributed by atoms with Crippen LogP contribution in [0.2, 0.25) is 0 Å². The van der Waals surface area contributed by atoms with E-state index in [9.17, 15) is 0 Å². The lowest BCUT2D eigenvalue weighted by atomic mass is 9.65. The normalized spacial score (nSPS) is 42.8. The van der Waals surface area contributed by atoms with E-state index in [1.54, 1.807) is 38.5 Å². The first-order chi connectivity index (χ1) is 12.8. The van der Waals surface area contributed by atoms with Gasteiger partial charge in [-0.3, -0.25) is 0 Å². The lowest BCUT2D eigenvalue weighted by Crippen LogP contribution is -2.34. The molecule has 1 heterocycles. The minimum Gasteiger partial charge on any atom is -0.378 e. The molecule has 0 aromatic carbocycles. The van der Waals surface area contributed by atoms with Crippen LogP contribution in [0.4, 0.5) is 0 Å². The lowest BCUT2D eigenvalue weighted by molar-refractivity contribution is -0.0438. The molecule has 1 heteroatoms. The van der Waals surface area contributed by atoms with Crippen molar-refractivity contribution in [2.45, 2.75) is 116 Å². The predicted octanol–water partition coefficient (Wildman–Crippen LogP) is 7.38. The summed E-state index contributed by atoms with van der Waals surface area (Å²) in [6.45, 7) is 3.37. The molecule has 1 saturated heterocycles. The van der Waals surface area contributed by atoms with Crippen LogP contribution >= 0.6 is 0 Å². The van der Waals surface area contributed by atoms with Crippen molar-refractivity contribution in [2.75, 3.05) is 6.61 Å². The molecule has 0 aromatic heterocycles. The summed E-state index contributed by atoms with van der Waals surface area (Å²) in [5, 5.41) is 0. The Bertz CT molecular complexity index is 388. The van der Waals surface area contributed by atoms with E-state index in [0.717, 1.165) is 42.1 Å². The van der Waals surface area contributed by atoms with Gasteiger partial charge in [0.15, 0.2) is 0 Å². The fourth-order valence-electron chi connectivity index (χ4n) is 7.35. The van der Waals surface area contributed by atoms with Crippen molar-refractivity contribution in [3.63, 3.8) is 0 Å². The Morgan fingerprint density at radius 1 is 0.538 bits per heavy atom. The summed E-state index contributed by atoms with van der Waals surface area (Å²) in [6.07, 6.45) is 24.5. The summed E-state index contributed by atoms with van der Waals surface area (Å²) in [7, 11) is 0. The topological polar surface area (TPSA) is 9.23 Å². The Labute approximate surface area is 163 Å². The second kappa shape index (κ2) is 9.44. The van der Waals surface area contributed by atoms with E-state index in [2.05, 4.69) is 6.92 Å². The van der Waals surface area contributed by atoms with Crippen molar-refractivity contribution in [3.8, 4) is 0 Å². The van der Waals surface area contributed by atoms with Crippen LogP contribution in [0.1, 0.15) is 110 Å². The second-order valence-corrected chi connectivity index (χ2v) is 10.5. The Kier molecular flexibility index (Phi) is 7.00. The van der Waals surface area contributed by atoms with E-state index in [-0.39, 0.29) is 0 Å². The SMILES string of the molecule is CCCC1CCC(C2CCC(C3CCC(C4CCCC4)CC3)CC2)CO1. The van der Waals surface area contributed by atoms with E-state index in [4.69, 9.17) is 4.74 Å². The highest BCUT2D eigenvalue weighted by molar-refractivity contribution is 4.87. The van der Waals surface area contributed by atoms with Crippen molar-refractivity contribution in [2.24, 2.45) is 35.5 Å². The summed E-state index contributed by atoms with van der Waals surface area (Å²) >= 11 is 0. The van der Waals surface area contributed by atoms with Gasteiger partial charge in [-0.05, 0) is 106 Å². The molecule has 3 aliphatic carbocycles. The van der Waals surface area contributed by atoms with E-state index in [1.165, 1.54) is 64.2 Å². The molecule has 0 amide bonds. The van der Waals surface area contributed by atoms with E-state index < -0.39 is 0 Å². The van der Waals surface area contributed by atoms with Gasteiger partial charge >= 0.3 is 0 Å². The monoisotopic (exact) mass is 360 g/mol. The molecule has 26 heavy (non-hydrogen) atoms. The van der Waals surface area contributed by atoms with Crippen molar-refractivity contribution in [1.82, 2.24) is 0 Å². The Balaban J connectivity index is 1.16. The summed E-state index contributed by atoms with van der Waals surface area (Å²) in [5.41, 5.74) is 0. The first-order valence-electron chi connectivity index (χ1n) is 12.4. The zero-order valence-corrected chi connectivity index (χ0v) is 17.5. The number of rotatable bonds is 5. The highest BCUT2D eigenvalue weighted by Gasteiger charge is 2.36. The number of hydrogen-bond donors (Lipinski definition) is 0. The van der Waals surface area contributed by atoms with Gasteiger partial charge < -0.3 is 4.74 Å². The van der Waals surface area contributed by atoms with Crippen molar-refractivity contribution in [3.05, 3.63) is 0 Å². The molecule has 150 valence electrons. The zero-order valence-electron chi connectivity index (χ0n) is 17.5. The van der Waals surface area contributed by atoms with Crippen molar-refractivity contribution >= 4 is 0 Å². The van der Waals surface area contributed by atoms with Gasteiger partial charge in [-0.1, -0.05) is 39.0 Å². The van der Waals surface area contributed by atoms with Gasteiger partial charge in [0.05, 0.1) is 12.7 Å². The average Bonchev–Trinajstić information content (AvgIpc) is 3.24. The number of ether oxygens (including phenoxy) is 1. The maximum Gasteiger partial charge on any atom is 0.0575 e. The molecular formula is C25H44O. The van der Waals surface area contributed by atoms with Gasteiger partial charge in [0.2, 0.25) is 0 Å². The van der Waals surface area contributed by atoms with Gasteiger partial charge in [-0.25, -0.2) is 0 Å². The average molecular weight is 361 g/mol. The van der Waals surface area contributed by atoms with Crippen LogP contribution < -0.4 is 0 Å². The molecule has 2 unspecified atom stereocenters. The lowest BCUT2D eigenvalue weighted by Gasteiger charge is -2.42. The molecule has 0 spiro atoms. The molecule has 1 aliphatic heterocycles. The van der Waals surface area contributed by atoms with E-state index >= 15 is 0 Å². The summed E-state index contributed by atoms with van der Waals surface area (Å²) in [5.74, 6) is 6.28. The van der Waals surface area contributed by atoms with E-state index in [0.29, 0.717) is 6.10 Å². The van der Waals surface area contributed by atoms with Crippen LogP contribution in [-0.4, -0.2) is 12.7 Å². The highest BCUT2D eigenvalue weighted by atomic mass is 16.5. The van der Waals surface area contributed by atoms with Crippen LogP contribution in [0, 0.1) is 35.5 Å². The fourth-order valence-corrected chi connectivity index (χ4v) is 7.35. The molecule has 0 radical (unpaired) electrons. The third-order valence-corrected chi connectivity index (χ3v) is 9.05. The fraction of sp³-hybridized carbons (Fsp3) is 1.00. The third kappa shape index (κ3) is 4.68. The smallest absolute Gasteiger partial charge is 0.0575 e. The maximum absolute atomic E-state index is 6.19. The van der Waals surface area contributed by atoms with Gasteiger partial charge in [0.25, 0.3) is 0 Å². The summed E-state index contributed by atoms with van der Waals surface area (Å²) < 4.78 is 6.19. The molecule has 0 N–H and O–H groups in total. The summed E-state index contributed by atoms with van der Waals surface area (Å²) in [6, 6.07) is 0. The molecule has 4 aliphatic rings. The van der Waals surface area contributed by atoms with Crippen LogP contribution in [0.25, 0.3) is 0 Å². The van der Waals surface area contributed by atoms with Crippen molar-refractivity contribution in [1.29, 1.82) is 0 Å². The van der Waals surface area contributed by atoms with Gasteiger partial charge in [0.1, 0.15) is 0 Å². The molecule has 4 fully saturated rings. The predicted molar refractivity (Wildman–Crippen MR) is 110 cm³/mol. The molecule has 4 rings (SSSR count). The number of hydrogen-bond acceptors (Lipinski definition) is 1. The highest BCUT2D eigenvalue weighted by Crippen LogP contribution is 2.47. The van der Waals surface area contributed by atoms with Gasteiger partial charge in [-0.15, -0.1) is 0 Å². The maximum atomic E-state index is 6.19. The van der Waals surface area contributed by atoms with Gasteiger partial charge in [0, 0.05) is 0 Å².